The average Bonchev–Trinajstić information content (AvgIpc) is 2.58. The molecule has 0 saturated heterocycles. The Morgan fingerprint density at radius 1 is 1.12 bits per heavy atom. The molecule has 1 aliphatic rings. The van der Waals surface area contributed by atoms with E-state index < -0.39 is 36.5 Å². The maximum absolute atomic E-state index is 12.8. The predicted molar refractivity (Wildman–Crippen MR) is 83.5 cm³/mol. The Hall–Kier alpha value is -2.59. The van der Waals surface area contributed by atoms with E-state index >= 15 is 0 Å². The summed E-state index contributed by atoms with van der Waals surface area (Å²) in [7, 11) is -5.25. The van der Waals surface area contributed by atoms with Crippen LogP contribution >= 0.6 is 0 Å². The number of carbonyl (C=O) groups is 1. The van der Waals surface area contributed by atoms with Gasteiger partial charge in [0.2, 0.25) is 0 Å². The molecule has 24 heavy (non-hydrogen) atoms. The third kappa shape index (κ3) is 2.31. The van der Waals surface area contributed by atoms with Crippen LogP contribution in [0.4, 0.5) is 5.69 Å². The molecule has 0 aliphatic carbocycles. The maximum atomic E-state index is 12.8. The number of rotatable bonds is 1. The monoisotopic (exact) mass is 366 g/mol. The number of fused-ring (bicyclic) bond motifs is 2. The average molecular weight is 366 g/mol. The van der Waals surface area contributed by atoms with Crippen LogP contribution in [0.3, 0.4) is 0 Å². The molecule has 3 rings (SSSR count). The van der Waals surface area contributed by atoms with E-state index in [0.717, 1.165) is 25.2 Å². The van der Waals surface area contributed by atoms with Crippen LogP contribution in [0.5, 0.6) is 0 Å². The smallest absolute Gasteiger partial charge is 0.268 e. The summed E-state index contributed by atoms with van der Waals surface area (Å²) in [4.78, 5) is 22.2. The van der Waals surface area contributed by atoms with Gasteiger partial charge in [0, 0.05) is 19.2 Å². The summed E-state index contributed by atoms with van der Waals surface area (Å²) in [5.41, 5.74) is -0.414. The summed E-state index contributed by atoms with van der Waals surface area (Å²) in [5, 5.41) is 11.0. The summed E-state index contributed by atoms with van der Waals surface area (Å²) < 4.78 is 38.6. The van der Waals surface area contributed by atoms with Crippen LogP contribution in [0.15, 0.2) is 57.2 Å². The van der Waals surface area contributed by atoms with Crippen molar-refractivity contribution < 1.29 is 22.3 Å². The topological polar surface area (TPSA) is 115 Å². The van der Waals surface area contributed by atoms with Crippen molar-refractivity contribution in [3.05, 3.63) is 58.1 Å². The first-order valence-corrected chi connectivity index (χ1v) is 9.16. The fraction of sp³-hybridized carbons (Fsp3) is 0.0714. The summed E-state index contributed by atoms with van der Waals surface area (Å²) >= 11 is 0. The van der Waals surface area contributed by atoms with E-state index in [1.165, 1.54) is 18.2 Å². The van der Waals surface area contributed by atoms with Gasteiger partial charge in [-0.3, -0.25) is 14.9 Å². The second kappa shape index (κ2) is 5.49. The molecule has 0 aromatic heterocycles. The number of benzene rings is 2. The zero-order chi connectivity index (χ0) is 17.6. The highest BCUT2D eigenvalue weighted by atomic mass is 32.2. The highest BCUT2D eigenvalue weighted by Crippen LogP contribution is 2.33. The largest absolute Gasteiger partial charge is 0.270 e. The van der Waals surface area contributed by atoms with E-state index in [0.29, 0.717) is 4.31 Å². The van der Waals surface area contributed by atoms with E-state index in [-0.39, 0.29) is 21.0 Å². The molecule has 1 amide bonds. The Balaban J connectivity index is 2.41. The fourth-order valence-electron chi connectivity index (χ4n) is 2.32. The van der Waals surface area contributed by atoms with Gasteiger partial charge in [0.1, 0.15) is 4.90 Å². The van der Waals surface area contributed by atoms with Crippen LogP contribution in [0.25, 0.3) is 0 Å². The van der Waals surface area contributed by atoms with Crippen molar-refractivity contribution in [2.75, 3.05) is 7.05 Å². The van der Waals surface area contributed by atoms with E-state index in [1.807, 2.05) is 0 Å². The van der Waals surface area contributed by atoms with Gasteiger partial charge >= 0.3 is 0 Å². The van der Waals surface area contributed by atoms with E-state index in [4.69, 9.17) is 0 Å². The van der Waals surface area contributed by atoms with Gasteiger partial charge in [-0.15, -0.1) is 0 Å². The molecular formula is C14H10N2O6S2. The number of hydrogen-bond donors (Lipinski definition) is 0. The molecule has 2 aromatic carbocycles. The number of nitrogens with zero attached hydrogens (tertiary/aromatic N) is 2. The molecule has 0 radical (unpaired) electrons. The maximum Gasteiger partial charge on any atom is 0.270 e. The van der Waals surface area contributed by atoms with Crippen molar-refractivity contribution in [2.45, 2.75) is 14.7 Å². The highest BCUT2D eigenvalue weighted by Gasteiger charge is 2.36. The summed E-state index contributed by atoms with van der Waals surface area (Å²) in [6.45, 7) is 0. The van der Waals surface area contributed by atoms with E-state index in [2.05, 4.69) is 0 Å². The molecule has 0 saturated carbocycles. The number of nitro groups is 1. The first-order chi connectivity index (χ1) is 11.2. The zero-order valence-corrected chi connectivity index (χ0v) is 13.8. The lowest BCUT2D eigenvalue weighted by molar-refractivity contribution is -0.385. The number of carbonyl (C=O) groups excluding carboxylic acids is 1. The minimum absolute atomic E-state index is 0.0286. The molecule has 0 spiro atoms. The van der Waals surface area contributed by atoms with Gasteiger partial charge in [-0.2, -0.15) is 0 Å². The van der Waals surface area contributed by atoms with Gasteiger partial charge in [0.15, 0.2) is 0 Å². The molecule has 0 N–H and O–H groups in total. The quantitative estimate of drug-likeness (QED) is 0.558. The van der Waals surface area contributed by atoms with E-state index in [1.54, 1.807) is 6.07 Å². The summed E-state index contributed by atoms with van der Waals surface area (Å²) in [5.74, 6) is -0.817. The lowest BCUT2D eigenvalue weighted by atomic mass is 10.2. The fourth-order valence-corrected chi connectivity index (χ4v) is 5.30. The Kier molecular flexibility index (Phi) is 3.73. The molecule has 8 nitrogen and oxygen atoms in total. The molecule has 1 aliphatic heterocycles. The molecule has 0 fully saturated rings. The van der Waals surface area contributed by atoms with Crippen LogP contribution in [0.2, 0.25) is 0 Å². The molecular weight excluding hydrogens is 356 g/mol. The Morgan fingerprint density at radius 2 is 1.79 bits per heavy atom. The molecule has 0 bridgehead atoms. The third-order valence-electron chi connectivity index (χ3n) is 3.58. The molecule has 1 atom stereocenters. The first kappa shape index (κ1) is 16.3. The van der Waals surface area contributed by atoms with Gasteiger partial charge < -0.3 is 0 Å². The van der Waals surface area contributed by atoms with Crippen molar-refractivity contribution >= 4 is 32.4 Å². The van der Waals surface area contributed by atoms with Crippen molar-refractivity contribution in [3.63, 3.8) is 0 Å². The molecule has 2 aromatic rings. The molecule has 1 heterocycles. The van der Waals surface area contributed by atoms with Crippen LogP contribution in [-0.2, 0) is 20.8 Å². The Bertz CT molecular complexity index is 1020. The minimum Gasteiger partial charge on any atom is -0.268 e. The second-order valence-electron chi connectivity index (χ2n) is 4.93. The van der Waals surface area contributed by atoms with Crippen molar-refractivity contribution in [3.8, 4) is 0 Å². The van der Waals surface area contributed by atoms with Crippen molar-refractivity contribution in [2.24, 2.45) is 0 Å². The molecule has 0 unspecified atom stereocenters. The van der Waals surface area contributed by atoms with Gasteiger partial charge in [-0.25, -0.2) is 16.9 Å². The van der Waals surface area contributed by atoms with Crippen LogP contribution in [-0.4, -0.2) is 34.8 Å². The molecule has 10 heteroatoms. The standard InChI is InChI=1S/C14H10N2O6S2/c1-15-14(17)10-4-2-3-5-11(10)23(20)12-8-9(16(18)19)6-7-13(12)24(15,21)22/h2-8H,1H3/t23-/m1/s1. The number of amides is 1. The zero-order valence-electron chi connectivity index (χ0n) is 12.2. The van der Waals surface area contributed by atoms with Crippen molar-refractivity contribution in [1.82, 2.24) is 4.31 Å². The van der Waals surface area contributed by atoms with Crippen LogP contribution in [0.1, 0.15) is 10.4 Å². The van der Waals surface area contributed by atoms with Gasteiger partial charge in [0.05, 0.1) is 31.1 Å². The number of nitro benzene ring substituents is 1. The van der Waals surface area contributed by atoms with E-state index in [9.17, 15) is 27.5 Å². The van der Waals surface area contributed by atoms with Gasteiger partial charge in [-0.05, 0) is 18.2 Å². The normalized spacial score (nSPS) is 19.0. The third-order valence-corrected chi connectivity index (χ3v) is 7.00. The predicted octanol–water partition coefficient (Wildman–Crippen LogP) is 1.54. The van der Waals surface area contributed by atoms with Gasteiger partial charge in [-0.1, -0.05) is 12.1 Å². The lowest BCUT2D eigenvalue weighted by Gasteiger charge is -2.23. The van der Waals surface area contributed by atoms with Crippen molar-refractivity contribution in [1.29, 1.82) is 0 Å². The number of hydrogen-bond acceptors (Lipinski definition) is 6. The van der Waals surface area contributed by atoms with Gasteiger partial charge in [0.25, 0.3) is 21.6 Å². The SMILES string of the molecule is CN1C(=O)c2ccccc2[S@@](=O)c2cc([N+](=O)[O-])ccc2S1(=O)=O. The van der Waals surface area contributed by atoms with Crippen LogP contribution in [0, 0.1) is 10.1 Å². The Labute approximate surface area is 139 Å². The summed E-state index contributed by atoms with van der Waals surface area (Å²) in [6.07, 6.45) is 0. The molecule has 124 valence electrons. The lowest BCUT2D eigenvalue weighted by Crippen LogP contribution is -2.35. The van der Waals surface area contributed by atoms with Crippen LogP contribution < -0.4 is 0 Å². The first-order valence-electron chi connectivity index (χ1n) is 6.57. The second-order valence-corrected chi connectivity index (χ2v) is 8.29. The number of non-ortho nitro benzene ring substituents is 1. The highest BCUT2D eigenvalue weighted by molar-refractivity contribution is 7.91. The minimum atomic E-state index is -4.28. The number of sulfonamides is 1. The summed E-state index contributed by atoms with van der Waals surface area (Å²) in [6, 6.07) is 8.82. The Morgan fingerprint density at radius 3 is 2.46 bits per heavy atom.